The summed E-state index contributed by atoms with van der Waals surface area (Å²) >= 11 is 6.14. The minimum Gasteiger partial charge on any atom is -0.463 e. The van der Waals surface area contributed by atoms with E-state index >= 15 is 0 Å². The van der Waals surface area contributed by atoms with E-state index in [1.165, 1.54) is 35.0 Å². The molecule has 2 amide bonds. The van der Waals surface area contributed by atoms with Gasteiger partial charge in [-0.15, -0.1) is 0 Å². The fraction of sp³-hybridized carbons (Fsp3) is 0.375. The first-order valence-electron chi connectivity index (χ1n) is 7.13. The third-order valence-corrected chi connectivity index (χ3v) is 4.24. The summed E-state index contributed by atoms with van der Waals surface area (Å²) in [6.07, 6.45) is 0. The summed E-state index contributed by atoms with van der Waals surface area (Å²) in [5.41, 5.74) is 0.694. The van der Waals surface area contributed by atoms with Crippen LogP contribution < -0.4 is 0 Å². The van der Waals surface area contributed by atoms with Gasteiger partial charge in [-0.25, -0.2) is 14.0 Å². The van der Waals surface area contributed by atoms with Crippen LogP contribution in [0.25, 0.3) is 0 Å². The van der Waals surface area contributed by atoms with E-state index < -0.39 is 17.8 Å². The lowest BCUT2D eigenvalue weighted by Crippen LogP contribution is -2.47. The second-order valence-corrected chi connectivity index (χ2v) is 5.62. The standard InChI is InChI=1S/C16H18ClFN2O3/c1-5-23-15(21)12-9(2)19(3)16(22)20(4)14(12)13-10(17)7-6-8-11(13)18/h6-8,14H,5H2,1-4H3/t14-/m0/s1. The lowest BCUT2D eigenvalue weighted by atomic mass is 9.93. The van der Waals surface area contributed by atoms with Crippen molar-refractivity contribution in [2.45, 2.75) is 19.9 Å². The Morgan fingerprint density at radius 3 is 2.61 bits per heavy atom. The number of carbonyl (C=O) groups excluding carboxylic acids is 2. The molecule has 0 saturated heterocycles. The van der Waals surface area contributed by atoms with Gasteiger partial charge >= 0.3 is 12.0 Å². The van der Waals surface area contributed by atoms with Crippen molar-refractivity contribution in [2.75, 3.05) is 20.7 Å². The predicted molar refractivity (Wildman–Crippen MR) is 84.4 cm³/mol. The third kappa shape index (κ3) is 2.91. The van der Waals surface area contributed by atoms with Crippen LogP contribution in [0.5, 0.6) is 0 Å². The first kappa shape index (κ1) is 17.3. The molecule has 1 aromatic rings. The van der Waals surface area contributed by atoms with Gasteiger partial charge in [-0.05, 0) is 26.0 Å². The van der Waals surface area contributed by atoms with E-state index in [9.17, 15) is 14.0 Å². The first-order chi connectivity index (χ1) is 10.8. The Balaban J connectivity index is 2.70. The van der Waals surface area contributed by atoms with Gasteiger partial charge in [0, 0.05) is 30.4 Å². The van der Waals surface area contributed by atoms with Crippen LogP contribution in [-0.4, -0.2) is 42.5 Å². The largest absolute Gasteiger partial charge is 0.463 e. The van der Waals surface area contributed by atoms with Crippen molar-refractivity contribution in [3.8, 4) is 0 Å². The van der Waals surface area contributed by atoms with Crippen LogP contribution in [0.2, 0.25) is 5.02 Å². The molecule has 7 heteroatoms. The lowest BCUT2D eigenvalue weighted by Gasteiger charge is -2.39. The minimum absolute atomic E-state index is 0.0838. The third-order valence-electron chi connectivity index (χ3n) is 3.91. The zero-order chi connectivity index (χ0) is 17.3. The highest BCUT2D eigenvalue weighted by Gasteiger charge is 2.41. The van der Waals surface area contributed by atoms with Gasteiger partial charge < -0.3 is 14.5 Å². The molecular formula is C16H18ClFN2O3. The maximum atomic E-state index is 14.4. The number of carbonyl (C=O) groups is 2. The number of esters is 1. The van der Waals surface area contributed by atoms with Crippen LogP contribution in [0.4, 0.5) is 9.18 Å². The summed E-state index contributed by atoms with van der Waals surface area (Å²) in [5, 5.41) is 0.147. The van der Waals surface area contributed by atoms with Crippen LogP contribution in [-0.2, 0) is 9.53 Å². The Morgan fingerprint density at radius 2 is 2.04 bits per heavy atom. The van der Waals surface area contributed by atoms with Crippen molar-refractivity contribution in [3.05, 3.63) is 45.9 Å². The Bertz CT molecular complexity index is 670. The number of allylic oxidation sites excluding steroid dienone is 1. The average Bonchev–Trinajstić information content (AvgIpc) is 2.50. The second kappa shape index (κ2) is 6.58. The summed E-state index contributed by atoms with van der Waals surface area (Å²) in [4.78, 5) is 27.4. The highest BCUT2D eigenvalue weighted by atomic mass is 35.5. The van der Waals surface area contributed by atoms with E-state index in [4.69, 9.17) is 16.3 Å². The van der Waals surface area contributed by atoms with Crippen molar-refractivity contribution in [1.82, 2.24) is 9.80 Å². The molecular weight excluding hydrogens is 323 g/mol. The number of hydrogen-bond donors (Lipinski definition) is 0. The molecule has 0 aromatic heterocycles. The maximum Gasteiger partial charge on any atom is 0.338 e. The van der Waals surface area contributed by atoms with E-state index in [0.29, 0.717) is 5.70 Å². The fourth-order valence-corrected chi connectivity index (χ4v) is 2.91. The molecule has 0 saturated carbocycles. The predicted octanol–water partition coefficient (Wildman–Crippen LogP) is 3.35. The molecule has 1 heterocycles. The van der Waals surface area contributed by atoms with E-state index in [-0.39, 0.29) is 28.8 Å². The molecule has 1 aliphatic heterocycles. The smallest absolute Gasteiger partial charge is 0.338 e. The van der Waals surface area contributed by atoms with Crippen LogP contribution in [0, 0.1) is 5.82 Å². The molecule has 0 aliphatic carbocycles. The quantitative estimate of drug-likeness (QED) is 0.793. The van der Waals surface area contributed by atoms with E-state index in [2.05, 4.69) is 0 Å². The summed E-state index contributed by atoms with van der Waals surface area (Å²) in [6, 6.07) is 2.94. The molecule has 1 atom stereocenters. The summed E-state index contributed by atoms with van der Waals surface area (Å²) in [5.74, 6) is -1.18. The van der Waals surface area contributed by atoms with E-state index in [1.807, 2.05) is 0 Å². The number of likely N-dealkylation sites (N-methyl/N-ethyl adjacent to an activating group) is 1. The van der Waals surface area contributed by atoms with Gasteiger partial charge in [-0.1, -0.05) is 17.7 Å². The Morgan fingerprint density at radius 1 is 1.39 bits per heavy atom. The van der Waals surface area contributed by atoms with Crippen LogP contribution in [0.15, 0.2) is 29.5 Å². The zero-order valence-corrected chi connectivity index (χ0v) is 14.1. The molecule has 0 fully saturated rings. The van der Waals surface area contributed by atoms with Crippen LogP contribution >= 0.6 is 11.6 Å². The molecule has 2 rings (SSSR count). The molecule has 0 unspecified atom stereocenters. The number of halogens is 2. The Kier molecular flexibility index (Phi) is 4.94. The second-order valence-electron chi connectivity index (χ2n) is 5.21. The van der Waals surface area contributed by atoms with Gasteiger partial charge in [-0.2, -0.15) is 0 Å². The van der Waals surface area contributed by atoms with Crippen molar-refractivity contribution >= 4 is 23.6 Å². The Labute approximate surface area is 139 Å². The molecule has 124 valence electrons. The number of ether oxygens (including phenoxy) is 1. The lowest BCUT2D eigenvalue weighted by molar-refractivity contribution is -0.139. The van der Waals surface area contributed by atoms with Crippen molar-refractivity contribution in [1.29, 1.82) is 0 Å². The zero-order valence-electron chi connectivity index (χ0n) is 13.4. The van der Waals surface area contributed by atoms with Gasteiger partial charge in [0.05, 0.1) is 18.2 Å². The van der Waals surface area contributed by atoms with Gasteiger partial charge in [0.2, 0.25) is 0 Å². The SMILES string of the molecule is CCOC(=O)C1=C(C)N(C)C(=O)N(C)[C@@H]1c1c(F)cccc1Cl. The molecule has 0 bridgehead atoms. The highest BCUT2D eigenvalue weighted by Crippen LogP contribution is 2.40. The molecule has 1 aliphatic rings. The number of hydrogen-bond acceptors (Lipinski definition) is 3. The summed E-state index contributed by atoms with van der Waals surface area (Å²) in [7, 11) is 3.05. The minimum atomic E-state index is -0.938. The van der Waals surface area contributed by atoms with Gasteiger partial charge in [-0.3, -0.25) is 0 Å². The topological polar surface area (TPSA) is 49.9 Å². The maximum absolute atomic E-state index is 14.4. The average molecular weight is 341 g/mol. The number of urea groups is 1. The number of nitrogens with zero attached hydrogens (tertiary/aromatic N) is 2. The van der Waals surface area contributed by atoms with Crippen molar-refractivity contribution < 1.29 is 18.7 Å². The van der Waals surface area contributed by atoms with Crippen LogP contribution in [0.1, 0.15) is 25.5 Å². The molecule has 1 aromatic carbocycles. The van der Waals surface area contributed by atoms with Gasteiger partial charge in [0.15, 0.2) is 0 Å². The molecule has 23 heavy (non-hydrogen) atoms. The van der Waals surface area contributed by atoms with Crippen LogP contribution in [0.3, 0.4) is 0 Å². The van der Waals surface area contributed by atoms with E-state index in [1.54, 1.807) is 20.9 Å². The normalized spacial score (nSPS) is 18.5. The first-order valence-corrected chi connectivity index (χ1v) is 7.51. The Hall–Kier alpha value is -2.08. The van der Waals surface area contributed by atoms with E-state index in [0.717, 1.165) is 0 Å². The molecule has 0 spiro atoms. The molecule has 5 nitrogen and oxygen atoms in total. The molecule has 0 radical (unpaired) electrons. The summed E-state index contributed by atoms with van der Waals surface area (Å²) in [6.45, 7) is 3.48. The van der Waals surface area contributed by atoms with Gasteiger partial charge in [0.25, 0.3) is 0 Å². The highest BCUT2D eigenvalue weighted by molar-refractivity contribution is 6.31. The number of rotatable bonds is 3. The molecule has 0 N–H and O–H groups in total. The number of amides is 2. The fourth-order valence-electron chi connectivity index (χ4n) is 2.64. The van der Waals surface area contributed by atoms with Crippen molar-refractivity contribution in [3.63, 3.8) is 0 Å². The van der Waals surface area contributed by atoms with Crippen molar-refractivity contribution in [2.24, 2.45) is 0 Å². The monoisotopic (exact) mass is 340 g/mol. The summed E-state index contributed by atoms with van der Waals surface area (Å²) < 4.78 is 19.5. The number of benzene rings is 1. The van der Waals surface area contributed by atoms with Gasteiger partial charge in [0.1, 0.15) is 5.82 Å².